The fraction of sp³-hybridized carbons (Fsp3) is 0.231. The first kappa shape index (κ1) is 21.4. The monoisotopic (exact) mass is 430 g/mol. The molecular weight excluding hydrogens is 404 g/mol. The van der Waals surface area contributed by atoms with Crippen molar-refractivity contribution < 1.29 is 19.1 Å². The maximum absolute atomic E-state index is 12.5. The van der Waals surface area contributed by atoms with E-state index in [2.05, 4.69) is 17.4 Å². The quantitative estimate of drug-likeness (QED) is 0.581. The summed E-state index contributed by atoms with van der Waals surface area (Å²) in [7, 11) is 1.61. The number of carbonyl (C=O) groups is 2. The molecule has 1 aliphatic rings. The number of amides is 2. The summed E-state index contributed by atoms with van der Waals surface area (Å²) in [5.41, 5.74) is 3.46. The van der Waals surface area contributed by atoms with E-state index >= 15 is 0 Å². The third kappa shape index (κ3) is 5.27. The lowest BCUT2D eigenvalue weighted by Gasteiger charge is -2.30. The Kier molecular flexibility index (Phi) is 6.70. The highest BCUT2D eigenvalue weighted by molar-refractivity contribution is 5.99. The topological polar surface area (TPSA) is 67.9 Å². The van der Waals surface area contributed by atoms with Gasteiger partial charge in [-0.2, -0.15) is 0 Å². The third-order valence-corrected chi connectivity index (χ3v) is 5.40. The van der Waals surface area contributed by atoms with Gasteiger partial charge in [-0.25, -0.2) is 0 Å². The van der Waals surface area contributed by atoms with Crippen LogP contribution >= 0.6 is 0 Å². The summed E-state index contributed by atoms with van der Waals surface area (Å²) >= 11 is 0. The van der Waals surface area contributed by atoms with Crippen LogP contribution in [0.4, 0.5) is 11.4 Å². The number of nitrogens with one attached hydrogen (secondary N) is 1. The fourth-order valence-electron chi connectivity index (χ4n) is 3.74. The number of nitrogens with zero attached hydrogens (tertiary/aromatic N) is 1. The number of anilines is 2. The summed E-state index contributed by atoms with van der Waals surface area (Å²) in [5.74, 6) is 1.19. The highest BCUT2D eigenvalue weighted by Crippen LogP contribution is 2.35. The van der Waals surface area contributed by atoms with E-state index in [0.717, 1.165) is 24.2 Å². The smallest absolute Gasteiger partial charge is 0.265 e. The highest BCUT2D eigenvalue weighted by Gasteiger charge is 2.25. The second-order valence-corrected chi connectivity index (χ2v) is 7.68. The van der Waals surface area contributed by atoms with Crippen LogP contribution in [0.15, 0.2) is 72.8 Å². The van der Waals surface area contributed by atoms with Crippen molar-refractivity contribution in [3.05, 3.63) is 83.9 Å². The first-order valence-electron chi connectivity index (χ1n) is 10.7. The molecule has 0 aromatic heterocycles. The van der Waals surface area contributed by atoms with Gasteiger partial charge in [-0.15, -0.1) is 0 Å². The molecule has 0 saturated heterocycles. The van der Waals surface area contributed by atoms with E-state index in [0.29, 0.717) is 23.7 Å². The molecule has 4 rings (SSSR count). The molecule has 32 heavy (non-hydrogen) atoms. The minimum absolute atomic E-state index is 0.0293. The molecule has 164 valence electrons. The van der Waals surface area contributed by atoms with Crippen LogP contribution < -0.4 is 19.7 Å². The number of hydrogen-bond donors (Lipinski definition) is 1. The standard InChI is InChI=1S/C26H26N2O4/c1-31-22-12-9-20(10-13-22)16-25(29)27-21-11-14-24-23(17-21)28(26(30)18-32-24)15-5-8-19-6-3-2-4-7-19/h2-4,6-7,9-14,17H,5,8,15-16,18H2,1H3,(H,27,29). The summed E-state index contributed by atoms with van der Waals surface area (Å²) in [6, 6.07) is 23.0. The normalized spacial score (nSPS) is 12.7. The van der Waals surface area contributed by atoms with E-state index in [9.17, 15) is 9.59 Å². The zero-order valence-corrected chi connectivity index (χ0v) is 18.0. The van der Waals surface area contributed by atoms with Crippen LogP contribution in [0.3, 0.4) is 0 Å². The van der Waals surface area contributed by atoms with Crippen LogP contribution in [-0.4, -0.2) is 32.1 Å². The summed E-state index contributed by atoms with van der Waals surface area (Å²) in [6.07, 6.45) is 1.97. The Morgan fingerprint density at radius 3 is 2.56 bits per heavy atom. The zero-order valence-electron chi connectivity index (χ0n) is 18.0. The van der Waals surface area contributed by atoms with E-state index in [4.69, 9.17) is 9.47 Å². The Labute approximate surface area is 187 Å². The average molecular weight is 431 g/mol. The van der Waals surface area contributed by atoms with E-state index in [1.54, 1.807) is 30.2 Å². The van der Waals surface area contributed by atoms with Crippen molar-refractivity contribution in [1.82, 2.24) is 0 Å². The number of aryl methyl sites for hydroxylation is 1. The Morgan fingerprint density at radius 1 is 1.03 bits per heavy atom. The van der Waals surface area contributed by atoms with Crippen molar-refractivity contribution in [2.75, 3.05) is 30.5 Å². The molecular formula is C26H26N2O4. The number of methoxy groups -OCH3 is 1. The Hall–Kier alpha value is -3.80. The molecule has 6 nitrogen and oxygen atoms in total. The summed E-state index contributed by atoms with van der Waals surface area (Å²) in [6.45, 7) is 0.620. The van der Waals surface area contributed by atoms with Crippen LogP contribution in [0.25, 0.3) is 0 Å². The van der Waals surface area contributed by atoms with Crippen molar-refractivity contribution in [3.8, 4) is 11.5 Å². The molecule has 0 unspecified atom stereocenters. The van der Waals surface area contributed by atoms with Gasteiger partial charge < -0.3 is 19.7 Å². The van der Waals surface area contributed by atoms with Crippen molar-refractivity contribution >= 4 is 23.2 Å². The molecule has 1 N–H and O–H groups in total. The Morgan fingerprint density at radius 2 is 1.81 bits per heavy atom. The summed E-state index contributed by atoms with van der Waals surface area (Å²) in [4.78, 5) is 26.8. The molecule has 3 aromatic rings. The number of benzene rings is 3. The van der Waals surface area contributed by atoms with Gasteiger partial charge in [0, 0.05) is 12.2 Å². The van der Waals surface area contributed by atoms with Crippen LogP contribution in [0.1, 0.15) is 17.5 Å². The van der Waals surface area contributed by atoms with Crippen LogP contribution in [0.5, 0.6) is 11.5 Å². The lowest BCUT2D eigenvalue weighted by Crippen LogP contribution is -2.39. The number of fused-ring (bicyclic) bond motifs is 1. The van der Waals surface area contributed by atoms with Crippen LogP contribution in [0, 0.1) is 0 Å². The van der Waals surface area contributed by atoms with Crippen molar-refractivity contribution in [3.63, 3.8) is 0 Å². The first-order valence-corrected chi connectivity index (χ1v) is 10.7. The molecule has 0 atom stereocenters. The van der Waals surface area contributed by atoms with Gasteiger partial charge in [-0.05, 0) is 54.3 Å². The van der Waals surface area contributed by atoms with E-state index in [-0.39, 0.29) is 24.8 Å². The van der Waals surface area contributed by atoms with E-state index in [1.165, 1.54) is 5.56 Å². The fourth-order valence-corrected chi connectivity index (χ4v) is 3.74. The second-order valence-electron chi connectivity index (χ2n) is 7.68. The Balaban J connectivity index is 1.41. The molecule has 6 heteroatoms. The molecule has 0 spiro atoms. The maximum atomic E-state index is 12.5. The minimum Gasteiger partial charge on any atom is -0.497 e. The number of carbonyl (C=O) groups excluding carboxylic acids is 2. The third-order valence-electron chi connectivity index (χ3n) is 5.40. The van der Waals surface area contributed by atoms with Gasteiger partial charge >= 0.3 is 0 Å². The van der Waals surface area contributed by atoms with Gasteiger partial charge in [0.05, 0.1) is 19.2 Å². The molecule has 0 saturated carbocycles. The molecule has 2 amide bonds. The van der Waals surface area contributed by atoms with E-state index in [1.807, 2.05) is 42.5 Å². The predicted octanol–water partition coefficient (Wildman–Crippen LogP) is 4.23. The molecule has 0 radical (unpaired) electrons. The second kappa shape index (κ2) is 10.0. The highest BCUT2D eigenvalue weighted by atomic mass is 16.5. The number of ether oxygens (including phenoxy) is 2. The van der Waals surface area contributed by atoms with Gasteiger partial charge in [-0.3, -0.25) is 9.59 Å². The van der Waals surface area contributed by atoms with Crippen molar-refractivity contribution in [2.24, 2.45) is 0 Å². The van der Waals surface area contributed by atoms with Gasteiger partial charge in [0.1, 0.15) is 11.5 Å². The van der Waals surface area contributed by atoms with Gasteiger partial charge in [0.2, 0.25) is 5.91 Å². The average Bonchev–Trinajstić information content (AvgIpc) is 2.81. The lowest BCUT2D eigenvalue weighted by molar-refractivity contribution is -0.121. The summed E-state index contributed by atoms with van der Waals surface area (Å²) < 4.78 is 10.7. The van der Waals surface area contributed by atoms with E-state index < -0.39 is 0 Å². The predicted molar refractivity (Wildman–Crippen MR) is 124 cm³/mol. The maximum Gasteiger partial charge on any atom is 0.265 e. The summed E-state index contributed by atoms with van der Waals surface area (Å²) in [5, 5.41) is 2.92. The SMILES string of the molecule is COc1ccc(CC(=O)Nc2ccc3c(c2)N(CCCc2ccccc2)C(=O)CO3)cc1. The van der Waals surface area contributed by atoms with Crippen molar-refractivity contribution in [1.29, 1.82) is 0 Å². The molecule has 1 heterocycles. The minimum atomic E-state index is -0.131. The first-order chi connectivity index (χ1) is 15.6. The molecule has 3 aromatic carbocycles. The molecule has 0 bridgehead atoms. The van der Waals surface area contributed by atoms with Crippen molar-refractivity contribution in [2.45, 2.75) is 19.3 Å². The van der Waals surface area contributed by atoms with Crippen LogP contribution in [0.2, 0.25) is 0 Å². The molecule has 0 aliphatic carbocycles. The van der Waals surface area contributed by atoms with Gasteiger partial charge in [-0.1, -0.05) is 42.5 Å². The van der Waals surface area contributed by atoms with Gasteiger partial charge in [0.15, 0.2) is 6.61 Å². The van der Waals surface area contributed by atoms with Gasteiger partial charge in [0.25, 0.3) is 5.91 Å². The lowest BCUT2D eigenvalue weighted by atomic mass is 10.1. The number of rotatable bonds is 8. The number of hydrogen-bond acceptors (Lipinski definition) is 4. The zero-order chi connectivity index (χ0) is 22.3. The largest absolute Gasteiger partial charge is 0.497 e. The molecule has 1 aliphatic heterocycles. The Bertz CT molecular complexity index is 1080. The molecule has 0 fully saturated rings. The van der Waals surface area contributed by atoms with Crippen LogP contribution in [-0.2, 0) is 22.4 Å².